The third kappa shape index (κ3) is 3.84. The third-order valence-electron chi connectivity index (χ3n) is 4.18. The van der Waals surface area contributed by atoms with Gasteiger partial charge in [-0.2, -0.15) is 0 Å². The number of ether oxygens (including phenoxy) is 1. The Morgan fingerprint density at radius 3 is 2.77 bits per heavy atom. The van der Waals surface area contributed by atoms with Crippen molar-refractivity contribution in [1.29, 1.82) is 0 Å². The number of nitrogens with one attached hydrogen (secondary N) is 1. The van der Waals surface area contributed by atoms with Gasteiger partial charge in [-0.25, -0.2) is 4.98 Å². The second-order valence-electron chi connectivity index (χ2n) is 5.58. The first-order valence-electron chi connectivity index (χ1n) is 7.61. The molecule has 0 aliphatic carbocycles. The summed E-state index contributed by atoms with van der Waals surface area (Å²) in [5.74, 6) is -1.23. The summed E-state index contributed by atoms with van der Waals surface area (Å²) in [7, 11) is 0. The Kier molecular flexibility index (Phi) is 5.52. The summed E-state index contributed by atoms with van der Waals surface area (Å²) < 4.78 is 5.57. The molecule has 1 amide bonds. The number of thiazole rings is 1. The molecule has 1 aliphatic rings. The van der Waals surface area contributed by atoms with Crippen LogP contribution < -0.4 is 5.32 Å². The molecule has 0 aromatic carbocycles. The largest absolute Gasteiger partial charge is 0.481 e. The van der Waals surface area contributed by atoms with Crippen molar-refractivity contribution >= 4 is 23.2 Å². The molecule has 22 heavy (non-hydrogen) atoms. The highest BCUT2D eigenvalue weighted by molar-refractivity contribution is 7.09. The normalized spacial score (nSPS) is 18.4. The van der Waals surface area contributed by atoms with Gasteiger partial charge in [-0.05, 0) is 25.7 Å². The standard InChI is InChI=1S/C15H22N2O4S/c1-3-15(4-2,8-12(18)19)17-13(20)10-9-22-14(16-10)11-6-5-7-21-11/h9,11H,3-8H2,1-2H3,(H,17,20)(H,18,19). The van der Waals surface area contributed by atoms with Crippen LogP contribution in [-0.4, -0.2) is 34.1 Å². The average Bonchev–Trinajstić information content (AvgIpc) is 3.16. The van der Waals surface area contributed by atoms with Crippen LogP contribution >= 0.6 is 11.3 Å². The van der Waals surface area contributed by atoms with Crippen LogP contribution in [0.5, 0.6) is 0 Å². The second-order valence-corrected chi connectivity index (χ2v) is 6.47. The highest BCUT2D eigenvalue weighted by Crippen LogP contribution is 2.30. The fraction of sp³-hybridized carbons (Fsp3) is 0.667. The maximum absolute atomic E-state index is 12.4. The number of aromatic nitrogens is 1. The second kappa shape index (κ2) is 7.19. The third-order valence-corrected chi connectivity index (χ3v) is 5.12. The summed E-state index contributed by atoms with van der Waals surface area (Å²) in [6.45, 7) is 4.50. The van der Waals surface area contributed by atoms with Gasteiger partial charge in [0.1, 0.15) is 16.8 Å². The van der Waals surface area contributed by atoms with E-state index in [0.717, 1.165) is 24.5 Å². The maximum atomic E-state index is 12.4. The topological polar surface area (TPSA) is 88.5 Å². The molecule has 1 fully saturated rings. The minimum atomic E-state index is -0.915. The van der Waals surface area contributed by atoms with Gasteiger partial charge in [-0.3, -0.25) is 9.59 Å². The zero-order chi connectivity index (χ0) is 16.2. The predicted octanol–water partition coefficient (Wildman–Crippen LogP) is 2.76. The predicted molar refractivity (Wildman–Crippen MR) is 83.1 cm³/mol. The first kappa shape index (κ1) is 16.9. The van der Waals surface area contributed by atoms with E-state index in [4.69, 9.17) is 9.84 Å². The number of aliphatic carboxylic acids is 1. The van der Waals surface area contributed by atoms with Crippen molar-refractivity contribution in [2.75, 3.05) is 6.61 Å². The number of nitrogens with zero attached hydrogens (tertiary/aromatic N) is 1. The van der Waals surface area contributed by atoms with Gasteiger partial charge < -0.3 is 15.2 Å². The molecule has 1 aromatic rings. The molecule has 2 N–H and O–H groups in total. The molecule has 1 saturated heterocycles. The molecule has 0 saturated carbocycles. The summed E-state index contributed by atoms with van der Waals surface area (Å²) in [6, 6.07) is 0. The molecule has 6 nitrogen and oxygen atoms in total. The SMILES string of the molecule is CCC(CC)(CC(=O)O)NC(=O)c1csc(C2CCCO2)n1. The van der Waals surface area contributed by atoms with Gasteiger partial charge in [0.25, 0.3) is 5.91 Å². The molecule has 122 valence electrons. The Morgan fingerprint density at radius 1 is 1.50 bits per heavy atom. The van der Waals surface area contributed by atoms with E-state index >= 15 is 0 Å². The highest BCUT2D eigenvalue weighted by atomic mass is 32.1. The van der Waals surface area contributed by atoms with Gasteiger partial charge in [0.2, 0.25) is 0 Å². The maximum Gasteiger partial charge on any atom is 0.305 e. The fourth-order valence-corrected chi connectivity index (χ4v) is 3.51. The monoisotopic (exact) mass is 326 g/mol. The lowest BCUT2D eigenvalue weighted by Gasteiger charge is -2.31. The van der Waals surface area contributed by atoms with E-state index in [9.17, 15) is 9.59 Å². The van der Waals surface area contributed by atoms with Crippen LogP contribution in [0.25, 0.3) is 0 Å². The van der Waals surface area contributed by atoms with Crippen molar-refractivity contribution in [3.63, 3.8) is 0 Å². The zero-order valence-electron chi connectivity index (χ0n) is 12.9. The minimum absolute atomic E-state index is 0.00678. The number of hydrogen-bond donors (Lipinski definition) is 2. The first-order valence-corrected chi connectivity index (χ1v) is 8.49. The van der Waals surface area contributed by atoms with E-state index in [0.29, 0.717) is 18.5 Å². The van der Waals surface area contributed by atoms with Crippen molar-refractivity contribution in [2.24, 2.45) is 0 Å². The van der Waals surface area contributed by atoms with Crippen LogP contribution in [0.2, 0.25) is 0 Å². The summed E-state index contributed by atoms with van der Waals surface area (Å²) in [5, 5.41) is 14.5. The molecular formula is C15H22N2O4S. The highest BCUT2D eigenvalue weighted by Gasteiger charge is 2.32. The van der Waals surface area contributed by atoms with Crippen molar-refractivity contribution in [3.8, 4) is 0 Å². The smallest absolute Gasteiger partial charge is 0.305 e. The fourth-order valence-electron chi connectivity index (χ4n) is 2.63. The first-order chi connectivity index (χ1) is 10.5. The molecule has 2 rings (SSSR count). The quantitative estimate of drug-likeness (QED) is 0.804. The number of rotatable bonds is 7. The molecule has 0 spiro atoms. The van der Waals surface area contributed by atoms with Crippen LogP contribution in [0.1, 0.15) is 67.6 Å². The van der Waals surface area contributed by atoms with Crippen molar-refractivity contribution < 1.29 is 19.4 Å². The molecule has 1 aliphatic heterocycles. The molecule has 0 radical (unpaired) electrons. The van der Waals surface area contributed by atoms with Crippen LogP contribution in [0, 0.1) is 0 Å². The number of carboxylic acid groups (broad SMARTS) is 1. The van der Waals surface area contributed by atoms with E-state index in [1.54, 1.807) is 5.38 Å². The Morgan fingerprint density at radius 2 is 2.23 bits per heavy atom. The Bertz CT molecular complexity index is 533. The van der Waals surface area contributed by atoms with Gasteiger partial charge in [0, 0.05) is 12.0 Å². The zero-order valence-corrected chi connectivity index (χ0v) is 13.7. The van der Waals surface area contributed by atoms with E-state index in [2.05, 4.69) is 10.3 Å². The van der Waals surface area contributed by atoms with Gasteiger partial charge in [0.05, 0.1) is 12.0 Å². The Hall–Kier alpha value is -1.47. The molecule has 2 heterocycles. The van der Waals surface area contributed by atoms with Crippen molar-refractivity contribution in [1.82, 2.24) is 10.3 Å². The number of carboxylic acids is 1. The lowest BCUT2D eigenvalue weighted by atomic mass is 9.89. The summed E-state index contributed by atoms with van der Waals surface area (Å²) in [6.07, 6.45) is 2.97. The van der Waals surface area contributed by atoms with Crippen LogP contribution in [0.3, 0.4) is 0 Å². The minimum Gasteiger partial charge on any atom is -0.481 e. The summed E-state index contributed by atoms with van der Waals surface area (Å²) in [4.78, 5) is 27.8. The van der Waals surface area contributed by atoms with Gasteiger partial charge in [-0.1, -0.05) is 13.8 Å². The average molecular weight is 326 g/mol. The van der Waals surface area contributed by atoms with Crippen LogP contribution in [0.4, 0.5) is 0 Å². The lowest BCUT2D eigenvalue weighted by Crippen LogP contribution is -2.49. The molecule has 0 bridgehead atoms. The number of carbonyl (C=O) groups is 2. The van der Waals surface area contributed by atoms with E-state index in [1.807, 2.05) is 13.8 Å². The lowest BCUT2D eigenvalue weighted by molar-refractivity contribution is -0.138. The van der Waals surface area contributed by atoms with Crippen LogP contribution in [0.15, 0.2) is 5.38 Å². The van der Waals surface area contributed by atoms with Crippen molar-refractivity contribution in [2.45, 2.75) is 57.6 Å². The summed E-state index contributed by atoms with van der Waals surface area (Å²) in [5.41, 5.74) is -0.386. The number of carbonyl (C=O) groups excluding carboxylic acids is 1. The van der Waals surface area contributed by atoms with Gasteiger partial charge in [0.15, 0.2) is 0 Å². The number of amides is 1. The molecular weight excluding hydrogens is 304 g/mol. The Balaban J connectivity index is 2.08. The number of hydrogen-bond acceptors (Lipinski definition) is 5. The molecule has 1 unspecified atom stereocenters. The van der Waals surface area contributed by atoms with Gasteiger partial charge >= 0.3 is 5.97 Å². The molecule has 7 heteroatoms. The van der Waals surface area contributed by atoms with Gasteiger partial charge in [-0.15, -0.1) is 11.3 Å². The van der Waals surface area contributed by atoms with Crippen molar-refractivity contribution in [3.05, 3.63) is 16.1 Å². The van der Waals surface area contributed by atoms with E-state index in [-0.39, 0.29) is 18.4 Å². The van der Waals surface area contributed by atoms with Crippen LogP contribution in [-0.2, 0) is 9.53 Å². The molecule has 1 atom stereocenters. The Labute approximate surface area is 133 Å². The van der Waals surface area contributed by atoms with E-state index < -0.39 is 11.5 Å². The van der Waals surface area contributed by atoms with E-state index in [1.165, 1.54) is 11.3 Å². The molecule has 1 aromatic heterocycles. The summed E-state index contributed by atoms with van der Waals surface area (Å²) >= 11 is 1.42.